The predicted molar refractivity (Wildman–Crippen MR) is 80.7 cm³/mol. The molecule has 17 heavy (non-hydrogen) atoms. The summed E-state index contributed by atoms with van der Waals surface area (Å²) in [5.41, 5.74) is 0. The maximum atomic E-state index is 3.48. The molecule has 0 aromatic heterocycles. The van der Waals surface area contributed by atoms with Crippen LogP contribution in [0.15, 0.2) is 33.6 Å². The minimum atomic E-state index is 1.00. The van der Waals surface area contributed by atoms with Crippen LogP contribution in [0.3, 0.4) is 0 Å². The summed E-state index contributed by atoms with van der Waals surface area (Å²) < 4.78 is 1.17. The molecule has 1 aliphatic carbocycles. The van der Waals surface area contributed by atoms with Crippen LogP contribution in [0.25, 0.3) is 0 Å². The highest BCUT2D eigenvalue weighted by molar-refractivity contribution is 9.10. The van der Waals surface area contributed by atoms with E-state index in [4.69, 9.17) is 0 Å². The van der Waals surface area contributed by atoms with Gasteiger partial charge in [-0.25, -0.2) is 0 Å². The van der Waals surface area contributed by atoms with Crippen molar-refractivity contribution in [1.82, 2.24) is 0 Å². The van der Waals surface area contributed by atoms with Crippen LogP contribution in [0.1, 0.15) is 44.9 Å². The molecule has 0 aliphatic heterocycles. The Morgan fingerprint density at radius 3 is 2.29 bits per heavy atom. The summed E-state index contributed by atoms with van der Waals surface area (Å²) in [4.78, 5) is 1.40. The topological polar surface area (TPSA) is 0 Å². The second kappa shape index (κ2) is 7.48. The second-order valence-electron chi connectivity index (χ2n) is 4.95. The van der Waals surface area contributed by atoms with Crippen LogP contribution < -0.4 is 0 Å². The van der Waals surface area contributed by atoms with Gasteiger partial charge in [0, 0.05) is 9.37 Å². The summed E-state index contributed by atoms with van der Waals surface area (Å²) in [6, 6.07) is 8.69. The Morgan fingerprint density at radius 2 is 1.65 bits per heavy atom. The quantitative estimate of drug-likeness (QED) is 0.492. The number of hydrogen-bond acceptors (Lipinski definition) is 1. The van der Waals surface area contributed by atoms with Gasteiger partial charge in [-0.15, -0.1) is 11.8 Å². The second-order valence-corrected chi connectivity index (χ2v) is 7.03. The summed E-state index contributed by atoms with van der Waals surface area (Å²) in [5.74, 6) is 2.28. The molecule has 0 bridgehead atoms. The summed E-state index contributed by atoms with van der Waals surface area (Å²) >= 11 is 5.48. The molecular weight excluding hydrogens is 292 g/mol. The molecule has 0 radical (unpaired) electrons. The van der Waals surface area contributed by atoms with E-state index in [0.29, 0.717) is 0 Å². The first kappa shape index (κ1) is 13.5. The van der Waals surface area contributed by atoms with Gasteiger partial charge in [-0.2, -0.15) is 0 Å². The van der Waals surface area contributed by atoms with Gasteiger partial charge in [0.15, 0.2) is 0 Å². The van der Waals surface area contributed by atoms with Crippen molar-refractivity contribution in [2.75, 3.05) is 5.75 Å². The van der Waals surface area contributed by atoms with Crippen molar-refractivity contribution in [3.05, 3.63) is 28.7 Å². The maximum Gasteiger partial charge on any atom is 0.0176 e. The first-order chi connectivity index (χ1) is 8.34. The summed E-state index contributed by atoms with van der Waals surface area (Å²) in [6.45, 7) is 0. The van der Waals surface area contributed by atoms with Gasteiger partial charge in [0.1, 0.15) is 0 Å². The van der Waals surface area contributed by atoms with Crippen molar-refractivity contribution in [2.24, 2.45) is 5.92 Å². The summed E-state index contributed by atoms with van der Waals surface area (Å²) in [7, 11) is 0. The number of thioether (sulfide) groups is 1. The van der Waals surface area contributed by atoms with Crippen LogP contribution in [-0.2, 0) is 0 Å². The smallest absolute Gasteiger partial charge is 0.0176 e. The fourth-order valence-electron chi connectivity index (χ4n) is 2.53. The molecular formula is C15H21BrS. The molecule has 1 aromatic carbocycles. The molecule has 2 heteroatoms. The SMILES string of the molecule is Brc1ccc(SCCC2CCCCCC2)cc1. The van der Waals surface area contributed by atoms with Crippen LogP contribution in [-0.4, -0.2) is 5.75 Å². The molecule has 0 N–H and O–H groups in total. The Balaban J connectivity index is 1.69. The van der Waals surface area contributed by atoms with Gasteiger partial charge in [0.05, 0.1) is 0 Å². The largest absolute Gasteiger partial charge is 0.126 e. The zero-order valence-corrected chi connectivity index (χ0v) is 12.7. The van der Waals surface area contributed by atoms with Gasteiger partial charge >= 0.3 is 0 Å². The molecule has 94 valence electrons. The zero-order chi connectivity index (χ0) is 11.9. The van der Waals surface area contributed by atoms with E-state index < -0.39 is 0 Å². The molecule has 1 fully saturated rings. The van der Waals surface area contributed by atoms with E-state index >= 15 is 0 Å². The number of hydrogen-bond donors (Lipinski definition) is 0. The third-order valence-electron chi connectivity index (χ3n) is 3.58. The van der Waals surface area contributed by atoms with Crippen molar-refractivity contribution in [3.63, 3.8) is 0 Å². The Labute approximate surface area is 118 Å². The van der Waals surface area contributed by atoms with Gasteiger partial charge in [-0.05, 0) is 42.4 Å². The average Bonchev–Trinajstić information content (AvgIpc) is 2.60. The first-order valence-electron chi connectivity index (χ1n) is 6.73. The van der Waals surface area contributed by atoms with Crippen LogP contribution >= 0.6 is 27.7 Å². The van der Waals surface area contributed by atoms with E-state index in [1.54, 1.807) is 0 Å². The molecule has 0 atom stereocenters. The van der Waals surface area contributed by atoms with E-state index in [9.17, 15) is 0 Å². The van der Waals surface area contributed by atoms with E-state index in [1.165, 1.54) is 60.1 Å². The molecule has 1 aliphatic rings. The van der Waals surface area contributed by atoms with E-state index in [2.05, 4.69) is 40.2 Å². The zero-order valence-electron chi connectivity index (χ0n) is 10.3. The molecule has 0 spiro atoms. The maximum absolute atomic E-state index is 3.48. The third kappa shape index (κ3) is 5.05. The fraction of sp³-hybridized carbons (Fsp3) is 0.600. The van der Waals surface area contributed by atoms with E-state index in [0.717, 1.165) is 5.92 Å². The fourth-order valence-corrected chi connectivity index (χ4v) is 3.81. The third-order valence-corrected chi connectivity index (χ3v) is 5.16. The highest BCUT2D eigenvalue weighted by atomic mass is 79.9. The molecule has 0 unspecified atom stereocenters. The number of rotatable bonds is 4. The van der Waals surface area contributed by atoms with E-state index in [-0.39, 0.29) is 0 Å². The Hall–Kier alpha value is 0.0500. The molecule has 0 nitrogen and oxygen atoms in total. The van der Waals surface area contributed by atoms with E-state index in [1.807, 2.05) is 11.8 Å². The first-order valence-corrected chi connectivity index (χ1v) is 8.51. The minimum Gasteiger partial charge on any atom is -0.126 e. The molecule has 1 saturated carbocycles. The van der Waals surface area contributed by atoms with Crippen molar-refractivity contribution >= 4 is 27.7 Å². The monoisotopic (exact) mass is 312 g/mol. The normalized spacial score (nSPS) is 17.9. The number of benzene rings is 1. The van der Waals surface area contributed by atoms with Gasteiger partial charge in [0.25, 0.3) is 0 Å². The molecule has 0 amide bonds. The van der Waals surface area contributed by atoms with Gasteiger partial charge < -0.3 is 0 Å². The standard InChI is InChI=1S/C15H21BrS/c16-14-7-9-15(10-8-14)17-12-11-13-5-3-1-2-4-6-13/h7-10,13H,1-6,11-12H2. The summed E-state index contributed by atoms with van der Waals surface area (Å²) in [5, 5.41) is 0. The van der Waals surface area contributed by atoms with Crippen LogP contribution in [0, 0.1) is 5.92 Å². The van der Waals surface area contributed by atoms with Crippen molar-refractivity contribution in [1.29, 1.82) is 0 Å². The Morgan fingerprint density at radius 1 is 1.00 bits per heavy atom. The molecule has 2 rings (SSSR count). The van der Waals surface area contributed by atoms with Crippen LogP contribution in [0.2, 0.25) is 0 Å². The molecule has 0 saturated heterocycles. The minimum absolute atomic E-state index is 1.00. The lowest BCUT2D eigenvalue weighted by Crippen LogP contribution is -1.99. The highest BCUT2D eigenvalue weighted by Crippen LogP contribution is 2.28. The Kier molecular flexibility index (Phi) is 5.93. The van der Waals surface area contributed by atoms with Crippen LogP contribution in [0.5, 0.6) is 0 Å². The van der Waals surface area contributed by atoms with Gasteiger partial charge in [-0.3, -0.25) is 0 Å². The van der Waals surface area contributed by atoms with Crippen molar-refractivity contribution in [3.8, 4) is 0 Å². The van der Waals surface area contributed by atoms with Crippen LogP contribution in [0.4, 0.5) is 0 Å². The lowest BCUT2D eigenvalue weighted by molar-refractivity contribution is 0.450. The molecule has 1 aromatic rings. The van der Waals surface area contributed by atoms with Crippen molar-refractivity contribution in [2.45, 2.75) is 49.8 Å². The summed E-state index contributed by atoms with van der Waals surface area (Å²) in [6.07, 6.45) is 10.2. The van der Waals surface area contributed by atoms with Gasteiger partial charge in [-0.1, -0.05) is 54.5 Å². The number of halogens is 1. The lowest BCUT2D eigenvalue weighted by Gasteiger charge is -2.13. The highest BCUT2D eigenvalue weighted by Gasteiger charge is 2.11. The lowest BCUT2D eigenvalue weighted by atomic mass is 9.98. The average molecular weight is 313 g/mol. The van der Waals surface area contributed by atoms with Gasteiger partial charge in [0.2, 0.25) is 0 Å². The predicted octanol–water partition coefficient (Wildman–Crippen LogP) is 5.90. The van der Waals surface area contributed by atoms with Crippen molar-refractivity contribution < 1.29 is 0 Å². The molecule has 0 heterocycles. The Bertz CT molecular complexity index is 312.